The van der Waals surface area contributed by atoms with E-state index in [4.69, 9.17) is 5.14 Å². The van der Waals surface area contributed by atoms with Crippen LogP contribution < -0.4 is 10.5 Å². The number of primary sulfonamides is 1. The summed E-state index contributed by atoms with van der Waals surface area (Å²) in [5.74, 6) is -0.426. The molecule has 1 aliphatic rings. The van der Waals surface area contributed by atoms with Crippen molar-refractivity contribution in [3.63, 3.8) is 0 Å². The van der Waals surface area contributed by atoms with Crippen molar-refractivity contribution >= 4 is 27.4 Å². The van der Waals surface area contributed by atoms with Crippen LogP contribution >= 0.6 is 0 Å². The highest BCUT2D eigenvalue weighted by Gasteiger charge is 2.15. The number of fused-ring (bicyclic) bond motifs is 1. The number of amides is 1. The predicted molar refractivity (Wildman–Crippen MR) is 103 cm³/mol. The first-order chi connectivity index (χ1) is 12.8. The van der Waals surface area contributed by atoms with Gasteiger partial charge in [0.1, 0.15) is 0 Å². The zero-order chi connectivity index (χ0) is 19.4. The normalized spacial score (nSPS) is 13.7. The number of carbonyl (C=O) groups excluding carboxylic acids is 2. The standard InChI is InChI=1S/C20H22N2O4S/c21-27(25,26)18-7-3-6-17(13-18)22-20(24)11-10-19(23)16-9-8-14-4-1-2-5-15(14)12-16/h3,6-9,12-13H,1-2,4-5,10-11H2,(H,22,24)(H2,21,25,26). The number of ketones is 1. The van der Waals surface area contributed by atoms with E-state index in [9.17, 15) is 18.0 Å². The van der Waals surface area contributed by atoms with E-state index in [0.29, 0.717) is 11.3 Å². The number of anilines is 1. The lowest BCUT2D eigenvalue weighted by atomic mass is 9.89. The lowest BCUT2D eigenvalue weighted by molar-refractivity contribution is -0.116. The second-order valence-electron chi connectivity index (χ2n) is 6.73. The highest BCUT2D eigenvalue weighted by atomic mass is 32.2. The number of aryl methyl sites for hydroxylation is 2. The van der Waals surface area contributed by atoms with Crippen LogP contribution in [0.1, 0.15) is 47.2 Å². The number of Topliss-reactive ketones (excluding diaryl/α,β-unsaturated/α-hetero) is 1. The van der Waals surface area contributed by atoms with Gasteiger partial charge in [0.05, 0.1) is 4.90 Å². The fourth-order valence-electron chi connectivity index (χ4n) is 3.25. The highest BCUT2D eigenvalue weighted by Crippen LogP contribution is 2.23. The van der Waals surface area contributed by atoms with Crippen LogP contribution in [0.2, 0.25) is 0 Å². The lowest BCUT2D eigenvalue weighted by Gasteiger charge is -2.16. The summed E-state index contributed by atoms with van der Waals surface area (Å²) in [6, 6.07) is 11.5. The fourth-order valence-corrected chi connectivity index (χ4v) is 3.81. The fraction of sp³-hybridized carbons (Fsp3) is 0.300. The Labute approximate surface area is 158 Å². The maximum absolute atomic E-state index is 12.4. The summed E-state index contributed by atoms with van der Waals surface area (Å²) in [6.45, 7) is 0. The Morgan fingerprint density at radius 2 is 1.70 bits per heavy atom. The Bertz CT molecular complexity index is 983. The molecule has 142 valence electrons. The number of sulfonamides is 1. The van der Waals surface area contributed by atoms with Crippen molar-refractivity contribution in [3.8, 4) is 0 Å². The summed E-state index contributed by atoms with van der Waals surface area (Å²) in [6.07, 6.45) is 4.51. The Hall–Kier alpha value is -2.51. The Morgan fingerprint density at radius 3 is 2.44 bits per heavy atom. The van der Waals surface area contributed by atoms with Crippen molar-refractivity contribution in [1.29, 1.82) is 0 Å². The number of rotatable bonds is 6. The van der Waals surface area contributed by atoms with Crippen molar-refractivity contribution in [2.75, 3.05) is 5.32 Å². The van der Waals surface area contributed by atoms with E-state index in [1.165, 1.54) is 35.7 Å². The molecular formula is C20H22N2O4S. The van der Waals surface area contributed by atoms with Gasteiger partial charge < -0.3 is 5.32 Å². The topological polar surface area (TPSA) is 106 Å². The molecule has 2 aromatic carbocycles. The zero-order valence-corrected chi connectivity index (χ0v) is 15.7. The Kier molecular flexibility index (Phi) is 5.72. The van der Waals surface area contributed by atoms with Gasteiger partial charge in [0.15, 0.2) is 5.78 Å². The molecule has 0 aliphatic heterocycles. The van der Waals surface area contributed by atoms with E-state index in [0.717, 1.165) is 19.3 Å². The van der Waals surface area contributed by atoms with E-state index in [1.807, 2.05) is 18.2 Å². The minimum atomic E-state index is -3.84. The summed E-state index contributed by atoms with van der Waals surface area (Å²) in [5, 5.41) is 7.68. The molecule has 0 spiro atoms. The van der Waals surface area contributed by atoms with Gasteiger partial charge in [0.2, 0.25) is 15.9 Å². The van der Waals surface area contributed by atoms with Crippen LogP contribution in [0, 0.1) is 0 Å². The van der Waals surface area contributed by atoms with Gasteiger partial charge in [-0.15, -0.1) is 0 Å². The van der Waals surface area contributed by atoms with Gasteiger partial charge >= 0.3 is 0 Å². The highest BCUT2D eigenvalue weighted by molar-refractivity contribution is 7.89. The minimum absolute atomic E-state index is 0.0233. The Morgan fingerprint density at radius 1 is 0.963 bits per heavy atom. The summed E-state index contributed by atoms with van der Waals surface area (Å²) >= 11 is 0. The average molecular weight is 386 g/mol. The van der Waals surface area contributed by atoms with E-state index in [2.05, 4.69) is 5.32 Å². The molecule has 3 N–H and O–H groups in total. The van der Waals surface area contributed by atoms with Crippen molar-refractivity contribution in [1.82, 2.24) is 0 Å². The number of hydrogen-bond donors (Lipinski definition) is 2. The van der Waals surface area contributed by atoms with Crippen LogP contribution in [0.5, 0.6) is 0 Å². The monoisotopic (exact) mass is 386 g/mol. The number of benzene rings is 2. The van der Waals surface area contributed by atoms with Crippen LogP contribution in [-0.2, 0) is 27.7 Å². The maximum Gasteiger partial charge on any atom is 0.238 e. The molecule has 2 aromatic rings. The van der Waals surface area contributed by atoms with E-state index in [1.54, 1.807) is 6.07 Å². The van der Waals surface area contributed by atoms with Gasteiger partial charge in [0, 0.05) is 24.1 Å². The molecule has 0 aromatic heterocycles. The first kappa shape index (κ1) is 19.3. The molecule has 6 nitrogen and oxygen atoms in total. The molecule has 0 fully saturated rings. The van der Waals surface area contributed by atoms with Gasteiger partial charge in [-0.2, -0.15) is 0 Å². The summed E-state index contributed by atoms with van der Waals surface area (Å²) in [7, 11) is -3.84. The van der Waals surface area contributed by atoms with Crippen molar-refractivity contribution in [3.05, 3.63) is 59.2 Å². The van der Waals surface area contributed by atoms with Crippen molar-refractivity contribution in [2.24, 2.45) is 5.14 Å². The lowest BCUT2D eigenvalue weighted by Crippen LogP contribution is -2.15. The predicted octanol–water partition coefficient (Wildman–Crippen LogP) is 2.81. The zero-order valence-electron chi connectivity index (χ0n) is 14.9. The molecule has 0 bridgehead atoms. The largest absolute Gasteiger partial charge is 0.326 e. The summed E-state index contributed by atoms with van der Waals surface area (Å²) < 4.78 is 22.7. The molecule has 0 heterocycles. The van der Waals surface area contributed by atoms with E-state index < -0.39 is 10.0 Å². The van der Waals surface area contributed by atoms with Gasteiger partial charge in [-0.3, -0.25) is 9.59 Å². The van der Waals surface area contributed by atoms with Gasteiger partial charge in [-0.1, -0.05) is 18.2 Å². The SMILES string of the molecule is NS(=O)(=O)c1cccc(NC(=O)CCC(=O)c2ccc3c(c2)CCCC3)c1. The van der Waals surface area contributed by atoms with E-state index in [-0.39, 0.29) is 29.4 Å². The number of nitrogens with one attached hydrogen (secondary N) is 1. The molecule has 1 amide bonds. The van der Waals surface area contributed by atoms with Gasteiger partial charge in [-0.05, 0) is 61.1 Å². The van der Waals surface area contributed by atoms with Crippen molar-refractivity contribution in [2.45, 2.75) is 43.4 Å². The molecule has 27 heavy (non-hydrogen) atoms. The Balaban J connectivity index is 1.58. The van der Waals surface area contributed by atoms with Crippen LogP contribution in [0.25, 0.3) is 0 Å². The minimum Gasteiger partial charge on any atom is -0.326 e. The van der Waals surface area contributed by atoms with Gasteiger partial charge in [-0.25, -0.2) is 13.6 Å². The summed E-state index contributed by atoms with van der Waals surface area (Å²) in [4.78, 5) is 24.4. The maximum atomic E-state index is 12.4. The third-order valence-electron chi connectivity index (χ3n) is 4.70. The second-order valence-corrected chi connectivity index (χ2v) is 8.30. The van der Waals surface area contributed by atoms with E-state index >= 15 is 0 Å². The van der Waals surface area contributed by atoms with Crippen LogP contribution in [0.4, 0.5) is 5.69 Å². The number of nitrogens with two attached hydrogens (primary N) is 1. The molecule has 0 radical (unpaired) electrons. The first-order valence-corrected chi connectivity index (χ1v) is 10.5. The van der Waals surface area contributed by atoms with Crippen LogP contribution in [0.15, 0.2) is 47.4 Å². The van der Waals surface area contributed by atoms with Crippen molar-refractivity contribution < 1.29 is 18.0 Å². The third-order valence-corrected chi connectivity index (χ3v) is 5.61. The number of hydrogen-bond acceptors (Lipinski definition) is 4. The molecule has 0 unspecified atom stereocenters. The van der Waals surface area contributed by atoms with Crippen LogP contribution in [0.3, 0.4) is 0 Å². The quantitative estimate of drug-likeness (QED) is 0.745. The number of carbonyl (C=O) groups is 2. The molecule has 0 saturated heterocycles. The smallest absolute Gasteiger partial charge is 0.238 e. The second kappa shape index (κ2) is 8.02. The summed E-state index contributed by atoms with van der Waals surface area (Å²) in [5.41, 5.74) is 3.51. The molecule has 7 heteroatoms. The van der Waals surface area contributed by atoms with Crippen LogP contribution in [-0.4, -0.2) is 20.1 Å². The third kappa shape index (κ3) is 5.02. The molecular weight excluding hydrogens is 364 g/mol. The molecule has 0 saturated carbocycles. The van der Waals surface area contributed by atoms with Gasteiger partial charge in [0.25, 0.3) is 0 Å². The molecule has 3 rings (SSSR count). The molecule has 0 atom stereocenters. The molecule has 1 aliphatic carbocycles. The average Bonchev–Trinajstić information content (AvgIpc) is 2.65. The first-order valence-electron chi connectivity index (χ1n) is 8.91.